The molecule has 0 aromatic heterocycles. The Balaban J connectivity index is 2.24. The van der Waals surface area contributed by atoms with E-state index in [0.29, 0.717) is 11.7 Å². The summed E-state index contributed by atoms with van der Waals surface area (Å²) in [6, 6.07) is 0. The fourth-order valence-corrected chi connectivity index (χ4v) is 2.77. The van der Waals surface area contributed by atoms with Crippen molar-refractivity contribution in [1.29, 1.82) is 0 Å². The van der Waals surface area contributed by atoms with E-state index in [2.05, 4.69) is 18.7 Å². The summed E-state index contributed by atoms with van der Waals surface area (Å²) in [6.45, 7) is 7.45. The van der Waals surface area contributed by atoms with E-state index >= 15 is 0 Å². The van der Waals surface area contributed by atoms with E-state index in [0.717, 1.165) is 32.5 Å². The van der Waals surface area contributed by atoms with Crippen molar-refractivity contribution in [2.45, 2.75) is 26.7 Å². The normalized spacial score (nSPS) is 20.9. The Morgan fingerprint density at radius 1 is 1.29 bits per heavy atom. The monoisotopic (exact) mass is 218 g/mol. The Morgan fingerprint density at radius 2 is 1.86 bits per heavy atom. The molecule has 14 heavy (non-hydrogen) atoms. The Morgan fingerprint density at radius 3 is 2.29 bits per heavy atom. The van der Waals surface area contributed by atoms with Crippen LogP contribution in [-0.4, -0.2) is 38.7 Å². The predicted molar refractivity (Wildman–Crippen MR) is 58.9 cm³/mol. The maximum absolute atomic E-state index is 10.5. The lowest BCUT2D eigenvalue weighted by Gasteiger charge is -2.31. The molecule has 1 radical (unpaired) electrons. The Labute approximate surface area is 88.4 Å². The molecule has 0 saturated carbocycles. The maximum atomic E-state index is 10.5. The van der Waals surface area contributed by atoms with Gasteiger partial charge in [-0.2, -0.15) is 0 Å². The zero-order valence-electron chi connectivity index (χ0n) is 9.03. The van der Waals surface area contributed by atoms with Crippen molar-refractivity contribution in [3.63, 3.8) is 0 Å². The minimum atomic E-state index is -2.18. The summed E-state index contributed by atoms with van der Waals surface area (Å²) in [4.78, 5) is 2.41. The molecule has 0 N–H and O–H groups in total. The van der Waals surface area contributed by atoms with Crippen molar-refractivity contribution in [2.75, 3.05) is 25.4 Å². The summed E-state index contributed by atoms with van der Waals surface area (Å²) < 4.78 is 21.1. The van der Waals surface area contributed by atoms with Gasteiger partial charge in [0.05, 0.1) is 5.75 Å². The molecule has 0 aliphatic carbocycles. The van der Waals surface area contributed by atoms with Gasteiger partial charge < -0.3 is 4.90 Å². The SMILES string of the molecule is C[C](C)CN1CCC(C[SH](=O)=O)CC1. The van der Waals surface area contributed by atoms with Crippen LogP contribution in [0.5, 0.6) is 0 Å². The molecule has 0 amide bonds. The summed E-state index contributed by atoms with van der Waals surface area (Å²) >= 11 is 0. The van der Waals surface area contributed by atoms with Crippen LogP contribution in [0.3, 0.4) is 0 Å². The summed E-state index contributed by atoms with van der Waals surface area (Å²) in [7, 11) is -2.18. The van der Waals surface area contributed by atoms with E-state index in [1.165, 1.54) is 5.92 Å². The van der Waals surface area contributed by atoms with Crippen LogP contribution in [0.25, 0.3) is 0 Å². The van der Waals surface area contributed by atoms with Crippen molar-refractivity contribution in [1.82, 2.24) is 4.90 Å². The number of nitrogens with zero attached hydrogens (tertiary/aromatic N) is 1. The molecule has 4 heteroatoms. The molecule has 1 fully saturated rings. The predicted octanol–water partition coefficient (Wildman–Crippen LogP) is 0.924. The smallest absolute Gasteiger partial charge is 0.140 e. The van der Waals surface area contributed by atoms with E-state index in [4.69, 9.17) is 0 Å². The summed E-state index contributed by atoms with van der Waals surface area (Å²) in [5, 5.41) is 0. The van der Waals surface area contributed by atoms with Crippen molar-refractivity contribution in [3.8, 4) is 0 Å². The lowest BCUT2D eigenvalue weighted by Crippen LogP contribution is -2.36. The molecule has 0 atom stereocenters. The van der Waals surface area contributed by atoms with Crippen LogP contribution in [0.4, 0.5) is 0 Å². The van der Waals surface area contributed by atoms with Crippen LogP contribution < -0.4 is 0 Å². The average molecular weight is 218 g/mol. The Kier molecular flexibility index (Phi) is 4.89. The van der Waals surface area contributed by atoms with Crippen molar-refractivity contribution in [3.05, 3.63) is 5.92 Å². The highest BCUT2D eigenvalue weighted by atomic mass is 32.2. The lowest BCUT2D eigenvalue weighted by molar-refractivity contribution is 0.200. The first-order chi connectivity index (χ1) is 6.58. The van der Waals surface area contributed by atoms with Gasteiger partial charge in [-0.15, -0.1) is 0 Å². The molecule has 0 unspecified atom stereocenters. The Bertz CT molecular complexity index is 222. The van der Waals surface area contributed by atoms with Gasteiger partial charge in [-0.05, 0) is 37.8 Å². The highest BCUT2D eigenvalue weighted by molar-refractivity contribution is 7.72. The third kappa shape index (κ3) is 4.42. The number of hydrogen-bond acceptors (Lipinski definition) is 3. The van der Waals surface area contributed by atoms with Gasteiger partial charge >= 0.3 is 0 Å². The van der Waals surface area contributed by atoms with Gasteiger partial charge in [0.1, 0.15) is 10.7 Å². The number of likely N-dealkylation sites (tertiary alicyclic amines) is 1. The molecule has 1 saturated heterocycles. The fourth-order valence-electron chi connectivity index (χ4n) is 1.99. The minimum absolute atomic E-state index is 0.387. The first kappa shape index (κ1) is 12.0. The summed E-state index contributed by atoms with van der Waals surface area (Å²) in [5.41, 5.74) is 0. The lowest BCUT2D eigenvalue weighted by atomic mass is 9.98. The third-order valence-electron chi connectivity index (χ3n) is 2.65. The van der Waals surface area contributed by atoms with Crippen molar-refractivity contribution in [2.24, 2.45) is 5.92 Å². The van der Waals surface area contributed by atoms with Crippen LogP contribution in [0, 0.1) is 11.8 Å². The molecule has 0 aromatic carbocycles. The molecular weight excluding hydrogens is 198 g/mol. The minimum Gasteiger partial charge on any atom is -0.303 e. The van der Waals surface area contributed by atoms with E-state index in [-0.39, 0.29) is 0 Å². The molecule has 0 spiro atoms. The van der Waals surface area contributed by atoms with Gasteiger partial charge in [0.25, 0.3) is 0 Å². The molecule has 83 valence electrons. The highest BCUT2D eigenvalue weighted by Crippen LogP contribution is 2.18. The van der Waals surface area contributed by atoms with Crippen LogP contribution in [0.15, 0.2) is 0 Å². The maximum Gasteiger partial charge on any atom is 0.140 e. The second-order valence-corrected chi connectivity index (χ2v) is 5.47. The summed E-state index contributed by atoms with van der Waals surface area (Å²) in [5.74, 6) is 2.22. The number of piperidine rings is 1. The molecule has 0 bridgehead atoms. The van der Waals surface area contributed by atoms with E-state index in [1.54, 1.807) is 0 Å². The third-order valence-corrected chi connectivity index (χ3v) is 3.47. The number of hydrogen-bond donors (Lipinski definition) is 1. The zero-order valence-corrected chi connectivity index (χ0v) is 9.93. The van der Waals surface area contributed by atoms with E-state index in [9.17, 15) is 8.42 Å². The van der Waals surface area contributed by atoms with Gasteiger partial charge in [0.2, 0.25) is 0 Å². The quantitative estimate of drug-likeness (QED) is 0.713. The van der Waals surface area contributed by atoms with Crippen LogP contribution in [0.2, 0.25) is 0 Å². The first-order valence-electron chi connectivity index (χ1n) is 5.21. The van der Waals surface area contributed by atoms with Gasteiger partial charge in [-0.3, -0.25) is 0 Å². The van der Waals surface area contributed by atoms with E-state index < -0.39 is 10.7 Å². The van der Waals surface area contributed by atoms with Gasteiger partial charge in [-0.1, -0.05) is 13.8 Å². The van der Waals surface area contributed by atoms with E-state index in [1.807, 2.05) is 0 Å². The van der Waals surface area contributed by atoms with Crippen LogP contribution >= 0.6 is 0 Å². The molecule has 1 aliphatic rings. The van der Waals surface area contributed by atoms with Gasteiger partial charge in [-0.25, -0.2) is 8.42 Å². The molecule has 1 rings (SSSR count). The molecule has 1 heterocycles. The molecule has 1 aliphatic heterocycles. The fraction of sp³-hybridized carbons (Fsp3) is 0.900. The molecular formula is C10H20NO2S. The number of rotatable bonds is 4. The van der Waals surface area contributed by atoms with Crippen molar-refractivity contribution < 1.29 is 8.42 Å². The van der Waals surface area contributed by atoms with Gasteiger partial charge in [0.15, 0.2) is 0 Å². The molecule has 0 aromatic rings. The molecule has 3 nitrogen and oxygen atoms in total. The number of thiol groups is 1. The standard InChI is InChI=1S/C10H20NO2S/c1-9(2)7-11-5-3-10(4-6-11)8-14(12)13/h10,14H,3-8H2,1-2H3. The second-order valence-electron chi connectivity index (χ2n) is 4.44. The van der Waals surface area contributed by atoms with Crippen LogP contribution in [-0.2, 0) is 10.7 Å². The average Bonchev–Trinajstić information content (AvgIpc) is 2.06. The largest absolute Gasteiger partial charge is 0.303 e. The Hall–Kier alpha value is -0.0900. The second kappa shape index (κ2) is 5.71. The van der Waals surface area contributed by atoms with Crippen LogP contribution in [0.1, 0.15) is 26.7 Å². The van der Waals surface area contributed by atoms with Gasteiger partial charge in [0, 0.05) is 6.54 Å². The summed E-state index contributed by atoms with van der Waals surface area (Å²) in [6.07, 6.45) is 2.08. The highest BCUT2D eigenvalue weighted by Gasteiger charge is 2.19. The topological polar surface area (TPSA) is 37.4 Å². The van der Waals surface area contributed by atoms with Crippen molar-refractivity contribution >= 4 is 10.7 Å². The first-order valence-corrected chi connectivity index (χ1v) is 6.57. The zero-order chi connectivity index (χ0) is 10.6.